The number of hydrogen-bond donors (Lipinski definition) is 2. The van der Waals surface area contributed by atoms with Gasteiger partial charge in [0.2, 0.25) is 0 Å². The largest absolute Gasteiger partial charge is 0.481 e. The maximum absolute atomic E-state index is 12.4. The molecule has 98 valence electrons. The molecule has 0 amide bonds. The van der Waals surface area contributed by atoms with Crippen LogP contribution < -0.4 is 5.48 Å². The van der Waals surface area contributed by atoms with Crippen LogP contribution in [-0.2, 0) is 20.8 Å². The van der Waals surface area contributed by atoms with Crippen molar-refractivity contribution in [1.82, 2.24) is 5.48 Å². The first-order valence-corrected chi connectivity index (χ1v) is 5.38. The molecule has 0 radical (unpaired) electrons. The molecule has 5 nitrogen and oxygen atoms in total. The van der Waals surface area contributed by atoms with Crippen molar-refractivity contribution in [2.45, 2.75) is 18.9 Å². The second kappa shape index (κ2) is 7.39. The first-order valence-electron chi connectivity index (χ1n) is 5.38. The lowest BCUT2D eigenvalue weighted by Crippen LogP contribution is -2.35. The highest BCUT2D eigenvalue weighted by Gasteiger charge is 2.15. The van der Waals surface area contributed by atoms with E-state index >= 15 is 0 Å². The predicted molar refractivity (Wildman–Crippen MR) is 61.4 cm³/mol. The van der Waals surface area contributed by atoms with Crippen molar-refractivity contribution in [2.24, 2.45) is 0 Å². The summed E-state index contributed by atoms with van der Waals surface area (Å²) in [5.74, 6) is -1.76. The third-order valence-electron chi connectivity index (χ3n) is 2.14. The number of rotatable bonds is 7. The van der Waals surface area contributed by atoms with Crippen LogP contribution >= 0.6 is 0 Å². The van der Waals surface area contributed by atoms with Gasteiger partial charge in [0.15, 0.2) is 0 Å². The normalized spacial score (nSPS) is 11.8. The summed E-state index contributed by atoms with van der Waals surface area (Å²) < 4.78 is 12.4. The number of carboxylic acid groups (broad SMARTS) is 1. The number of carbonyl (C=O) groups excluding carboxylic acids is 1. The first-order chi connectivity index (χ1) is 8.61. The number of benzene rings is 1. The maximum atomic E-state index is 12.4. The molecule has 1 aromatic rings. The highest BCUT2D eigenvalue weighted by atomic mass is 19.1. The molecular formula is C12H14FNO4. The molecule has 1 atom stereocenters. The molecule has 0 saturated carbocycles. The van der Waals surface area contributed by atoms with Crippen LogP contribution in [0.15, 0.2) is 30.3 Å². The Morgan fingerprint density at radius 3 is 2.56 bits per heavy atom. The monoisotopic (exact) mass is 255 g/mol. The molecule has 1 rings (SSSR count). The van der Waals surface area contributed by atoms with Crippen LogP contribution in [0.4, 0.5) is 4.39 Å². The number of carboxylic acids is 1. The fourth-order valence-electron chi connectivity index (χ4n) is 1.29. The minimum absolute atomic E-state index is 0.0416. The van der Waals surface area contributed by atoms with Crippen molar-refractivity contribution in [3.8, 4) is 0 Å². The van der Waals surface area contributed by atoms with Crippen LogP contribution in [0.2, 0.25) is 0 Å². The molecule has 1 unspecified atom stereocenters. The molecule has 2 N–H and O–H groups in total. The van der Waals surface area contributed by atoms with Crippen molar-refractivity contribution in [3.05, 3.63) is 35.9 Å². The van der Waals surface area contributed by atoms with Gasteiger partial charge in [0, 0.05) is 0 Å². The van der Waals surface area contributed by atoms with Gasteiger partial charge in [-0.3, -0.25) is 9.59 Å². The number of nitrogens with one attached hydrogen (secondary N) is 1. The lowest BCUT2D eigenvalue weighted by atomic mass is 10.2. The molecule has 0 aliphatic heterocycles. The van der Waals surface area contributed by atoms with Gasteiger partial charge in [0.25, 0.3) is 0 Å². The van der Waals surface area contributed by atoms with Gasteiger partial charge in [-0.1, -0.05) is 30.3 Å². The first kappa shape index (κ1) is 14.1. The quantitative estimate of drug-likeness (QED) is 0.713. The average molecular weight is 255 g/mol. The number of aliphatic carboxylic acids is 1. The van der Waals surface area contributed by atoms with E-state index in [-0.39, 0.29) is 6.42 Å². The number of carbonyl (C=O) groups is 2. The summed E-state index contributed by atoms with van der Waals surface area (Å²) in [6.07, 6.45) is -0.408. The Morgan fingerprint density at radius 2 is 2.00 bits per heavy atom. The van der Waals surface area contributed by atoms with E-state index in [9.17, 15) is 14.0 Å². The summed E-state index contributed by atoms with van der Waals surface area (Å²) in [5.41, 5.74) is 2.88. The fourth-order valence-corrected chi connectivity index (χ4v) is 1.29. The van der Waals surface area contributed by atoms with E-state index in [1.165, 1.54) is 0 Å². The van der Waals surface area contributed by atoms with E-state index in [2.05, 4.69) is 10.3 Å². The Hall–Kier alpha value is -1.95. The summed E-state index contributed by atoms with van der Waals surface area (Å²) in [5, 5.41) is 8.47. The maximum Gasteiger partial charge on any atom is 0.329 e. The smallest absolute Gasteiger partial charge is 0.329 e. The minimum Gasteiger partial charge on any atom is -0.481 e. The molecule has 1 aromatic carbocycles. The zero-order chi connectivity index (χ0) is 13.4. The van der Waals surface area contributed by atoms with Crippen LogP contribution in [0.3, 0.4) is 0 Å². The molecule has 18 heavy (non-hydrogen) atoms. The molecule has 0 bridgehead atoms. The van der Waals surface area contributed by atoms with E-state index in [1.807, 2.05) is 6.07 Å². The second-order valence-corrected chi connectivity index (χ2v) is 3.70. The summed E-state index contributed by atoms with van der Waals surface area (Å²) >= 11 is 0. The van der Waals surface area contributed by atoms with Gasteiger partial charge in [-0.05, 0) is 5.56 Å². The van der Waals surface area contributed by atoms with Gasteiger partial charge in [-0.15, -0.1) is 5.48 Å². The van der Waals surface area contributed by atoms with E-state index < -0.39 is 31.1 Å². The van der Waals surface area contributed by atoms with Gasteiger partial charge >= 0.3 is 11.9 Å². The third kappa shape index (κ3) is 5.40. The van der Waals surface area contributed by atoms with Crippen molar-refractivity contribution >= 4 is 11.9 Å². The van der Waals surface area contributed by atoms with Crippen LogP contribution in [0.5, 0.6) is 0 Å². The van der Waals surface area contributed by atoms with Gasteiger partial charge < -0.3 is 9.94 Å². The Bertz CT molecular complexity index is 396. The minimum atomic E-state index is -1.16. The van der Waals surface area contributed by atoms with E-state index in [0.717, 1.165) is 5.56 Å². The molecular weight excluding hydrogens is 241 g/mol. The SMILES string of the molecule is O=C(O)CC(CF)NOC(=O)Cc1ccccc1. The van der Waals surface area contributed by atoms with E-state index in [1.54, 1.807) is 24.3 Å². The molecule has 0 aliphatic carbocycles. The molecule has 6 heteroatoms. The van der Waals surface area contributed by atoms with Crippen molar-refractivity contribution < 1.29 is 23.9 Å². The van der Waals surface area contributed by atoms with Crippen molar-refractivity contribution in [3.63, 3.8) is 0 Å². The Balaban J connectivity index is 2.34. The fraction of sp³-hybridized carbons (Fsp3) is 0.333. The van der Waals surface area contributed by atoms with Crippen LogP contribution in [-0.4, -0.2) is 29.8 Å². The average Bonchev–Trinajstić information content (AvgIpc) is 2.35. The summed E-state index contributed by atoms with van der Waals surface area (Å²) in [6.45, 7) is -0.926. The van der Waals surface area contributed by atoms with Crippen LogP contribution in [0.1, 0.15) is 12.0 Å². The van der Waals surface area contributed by atoms with Crippen molar-refractivity contribution in [1.29, 1.82) is 0 Å². The lowest BCUT2D eigenvalue weighted by molar-refractivity contribution is -0.154. The highest BCUT2D eigenvalue weighted by molar-refractivity contribution is 5.72. The summed E-state index contributed by atoms with van der Waals surface area (Å²) in [6, 6.07) is 7.87. The van der Waals surface area contributed by atoms with Crippen molar-refractivity contribution in [2.75, 3.05) is 6.67 Å². The second-order valence-electron chi connectivity index (χ2n) is 3.70. The molecule has 0 aromatic heterocycles. The molecule has 0 saturated heterocycles. The van der Waals surface area contributed by atoms with E-state index in [0.29, 0.717) is 0 Å². The topological polar surface area (TPSA) is 75.6 Å². The van der Waals surface area contributed by atoms with Gasteiger partial charge in [0.05, 0.1) is 18.9 Å². The Morgan fingerprint density at radius 1 is 1.33 bits per heavy atom. The molecule has 0 aliphatic rings. The Labute approximate surface area is 104 Å². The van der Waals surface area contributed by atoms with Crippen LogP contribution in [0, 0.1) is 0 Å². The zero-order valence-corrected chi connectivity index (χ0v) is 9.64. The number of halogens is 1. The highest BCUT2D eigenvalue weighted by Crippen LogP contribution is 2.01. The third-order valence-corrected chi connectivity index (χ3v) is 2.14. The van der Waals surface area contributed by atoms with Gasteiger partial charge in [-0.25, -0.2) is 4.39 Å². The molecule has 0 fully saturated rings. The molecule has 0 spiro atoms. The zero-order valence-electron chi connectivity index (χ0n) is 9.64. The predicted octanol–water partition coefficient (Wildman–Crippen LogP) is 1.09. The number of alkyl halides is 1. The lowest BCUT2D eigenvalue weighted by Gasteiger charge is -2.12. The summed E-state index contributed by atoms with van der Waals surface area (Å²) in [7, 11) is 0. The number of hydroxylamine groups is 1. The van der Waals surface area contributed by atoms with E-state index in [4.69, 9.17) is 5.11 Å². The molecule has 0 heterocycles. The number of hydrogen-bond acceptors (Lipinski definition) is 4. The van der Waals surface area contributed by atoms with Gasteiger partial charge in [0.1, 0.15) is 6.67 Å². The standard InChI is InChI=1S/C12H14FNO4/c13-8-10(7-11(15)16)14-18-12(17)6-9-4-2-1-3-5-9/h1-5,10,14H,6-8H2,(H,15,16). The Kier molecular flexibility index (Phi) is 5.79. The van der Waals surface area contributed by atoms with Crippen LogP contribution in [0.25, 0.3) is 0 Å². The van der Waals surface area contributed by atoms with Gasteiger partial charge in [-0.2, -0.15) is 0 Å². The summed E-state index contributed by atoms with van der Waals surface area (Å²) in [4.78, 5) is 26.3.